The Morgan fingerprint density at radius 2 is 1.67 bits per heavy atom. The summed E-state index contributed by atoms with van der Waals surface area (Å²) in [7, 11) is -4.51. The molecule has 110 valence electrons. The molecule has 0 aliphatic rings. The van der Waals surface area contributed by atoms with Crippen molar-refractivity contribution in [2.45, 2.75) is 4.90 Å². The lowest BCUT2D eigenvalue weighted by atomic mass is 10.2. The molecule has 0 unspecified atom stereocenters. The molecule has 2 rings (SSSR count). The fourth-order valence-corrected chi connectivity index (χ4v) is 2.38. The van der Waals surface area contributed by atoms with Crippen molar-refractivity contribution in [1.29, 1.82) is 0 Å². The molecule has 7 nitrogen and oxygen atoms in total. The molecule has 2 aromatic rings. The number of benzene rings is 2. The first kappa shape index (κ1) is 14.8. The van der Waals surface area contributed by atoms with Crippen LogP contribution >= 0.6 is 0 Å². The van der Waals surface area contributed by atoms with E-state index in [9.17, 15) is 13.2 Å². The number of amides is 1. The van der Waals surface area contributed by atoms with Crippen LogP contribution in [0.4, 0.5) is 17.1 Å². The summed E-state index contributed by atoms with van der Waals surface area (Å²) in [4.78, 5) is 11.5. The average Bonchev–Trinajstić information content (AvgIpc) is 2.42. The lowest BCUT2D eigenvalue weighted by Crippen LogP contribution is -2.16. The van der Waals surface area contributed by atoms with Crippen molar-refractivity contribution in [3.63, 3.8) is 0 Å². The standard InChI is InChI=1S/C13H13N3O4S/c14-9-6-7-10(21(18,19)20)11(15)12(9)16-13(17)8-4-2-1-3-5-8/h1-7H,14-15H2,(H,16,17)(H,18,19,20). The number of carbonyl (C=O) groups is 1. The third-order valence-corrected chi connectivity index (χ3v) is 3.70. The molecule has 0 aliphatic carbocycles. The zero-order valence-electron chi connectivity index (χ0n) is 10.8. The second-order valence-corrected chi connectivity index (χ2v) is 5.63. The molecular formula is C13H13N3O4S. The Morgan fingerprint density at radius 1 is 1.05 bits per heavy atom. The minimum atomic E-state index is -4.51. The second kappa shape index (κ2) is 5.43. The van der Waals surface area contributed by atoms with E-state index in [0.29, 0.717) is 5.56 Å². The summed E-state index contributed by atoms with van der Waals surface area (Å²) in [5.41, 5.74) is 11.4. The highest BCUT2D eigenvalue weighted by atomic mass is 32.2. The van der Waals surface area contributed by atoms with Crippen LogP contribution < -0.4 is 16.8 Å². The monoisotopic (exact) mass is 307 g/mol. The number of hydrogen-bond acceptors (Lipinski definition) is 5. The third kappa shape index (κ3) is 3.12. The molecule has 0 fully saturated rings. The van der Waals surface area contributed by atoms with E-state index in [1.807, 2.05) is 0 Å². The van der Waals surface area contributed by atoms with Crippen molar-refractivity contribution >= 4 is 33.1 Å². The topological polar surface area (TPSA) is 136 Å². The highest BCUT2D eigenvalue weighted by Crippen LogP contribution is 2.32. The van der Waals surface area contributed by atoms with Crippen LogP contribution in [0.25, 0.3) is 0 Å². The lowest BCUT2D eigenvalue weighted by molar-refractivity contribution is 0.102. The fourth-order valence-electron chi connectivity index (χ4n) is 1.76. The molecule has 0 saturated heterocycles. The van der Waals surface area contributed by atoms with Crippen molar-refractivity contribution in [3.8, 4) is 0 Å². The van der Waals surface area contributed by atoms with Gasteiger partial charge in [-0.3, -0.25) is 9.35 Å². The smallest absolute Gasteiger partial charge is 0.296 e. The van der Waals surface area contributed by atoms with E-state index in [1.54, 1.807) is 30.3 Å². The number of nitrogen functional groups attached to an aromatic ring is 2. The Kier molecular flexibility index (Phi) is 3.83. The molecule has 6 N–H and O–H groups in total. The number of anilines is 3. The van der Waals surface area contributed by atoms with Crippen LogP contribution in [0.1, 0.15) is 10.4 Å². The summed E-state index contributed by atoms with van der Waals surface area (Å²) in [6, 6.07) is 10.6. The van der Waals surface area contributed by atoms with Crippen molar-refractivity contribution < 1.29 is 17.8 Å². The van der Waals surface area contributed by atoms with Crippen LogP contribution in [-0.2, 0) is 10.1 Å². The Morgan fingerprint density at radius 3 is 2.24 bits per heavy atom. The highest BCUT2D eigenvalue weighted by Gasteiger charge is 2.20. The van der Waals surface area contributed by atoms with E-state index in [2.05, 4.69) is 5.32 Å². The maximum Gasteiger partial charge on any atom is 0.296 e. The molecule has 0 atom stereocenters. The molecule has 0 aromatic heterocycles. The summed E-state index contributed by atoms with van der Waals surface area (Å²) in [5.74, 6) is -0.499. The quantitative estimate of drug-likeness (QED) is 0.499. The average molecular weight is 307 g/mol. The molecule has 0 bridgehead atoms. The van der Waals surface area contributed by atoms with Gasteiger partial charge in [0.25, 0.3) is 16.0 Å². The van der Waals surface area contributed by atoms with Crippen molar-refractivity contribution in [2.75, 3.05) is 16.8 Å². The van der Waals surface area contributed by atoms with Gasteiger partial charge in [0, 0.05) is 5.56 Å². The Labute approximate surface area is 121 Å². The first-order chi connectivity index (χ1) is 9.80. The van der Waals surface area contributed by atoms with Gasteiger partial charge in [-0.2, -0.15) is 8.42 Å². The maximum absolute atomic E-state index is 12.0. The predicted molar refractivity (Wildman–Crippen MR) is 79.5 cm³/mol. The third-order valence-electron chi connectivity index (χ3n) is 2.79. The van der Waals surface area contributed by atoms with E-state index in [0.717, 1.165) is 6.07 Å². The van der Waals surface area contributed by atoms with Gasteiger partial charge in [-0.05, 0) is 24.3 Å². The molecule has 21 heavy (non-hydrogen) atoms. The molecule has 1 amide bonds. The van der Waals surface area contributed by atoms with Crippen molar-refractivity contribution in [1.82, 2.24) is 0 Å². The Hall–Kier alpha value is -2.58. The molecule has 0 radical (unpaired) electrons. The maximum atomic E-state index is 12.0. The number of nitrogens with one attached hydrogen (secondary N) is 1. The summed E-state index contributed by atoms with van der Waals surface area (Å²) in [6.07, 6.45) is 0. The molecule has 0 aliphatic heterocycles. The van der Waals surface area contributed by atoms with Gasteiger partial charge in [-0.25, -0.2) is 0 Å². The van der Waals surface area contributed by atoms with E-state index in [-0.39, 0.29) is 17.1 Å². The second-order valence-electron chi connectivity index (χ2n) is 4.24. The zero-order chi connectivity index (χ0) is 15.6. The summed E-state index contributed by atoms with van der Waals surface area (Å²) < 4.78 is 31.5. The molecule has 2 aromatic carbocycles. The van der Waals surface area contributed by atoms with Crippen LogP contribution in [-0.4, -0.2) is 18.9 Å². The zero-order valence-corrected chi connectivity index (χ0v) is 11.6. The van der Waals surface area contributed by atoms with Gasteiger partial charge in [-0.15, -0.1) is 0 Å². The first-order valence-electron chi connectivity index (χ1n) is 5.82. The van der Waals surface area contributed by atoms with E-state index < -0.39 is 20.9 Å². The van der Waals surface area contributed by atoms with Crippen LogP contribution in [0.3, 0.4) is 0 Å². The minimum absolute atomic E-state index is 0.0565. The molecular weight excluding hydrogens is 294 g/mol. The van der Waals surface area contributed by atoms with Crippen LogP contribution in [0.15, 0.2) is 47.4 Å². The van der Waals surface area contributed by atoms with Gasteiger partial charge in [0.15, 0.2) is 0 Å². The summed E-state index contributed by atoms with van der Waals surface area (Å²) in [5, 5.41) is 2.44. The molecule has 0 spiro atoms. The van der Waals surface area contributed by atoms with Gasteiger partial charge in [0.05, 0.1) is 17.1 Å². The van der Waals surface area contributed by atoms with Crippen LogP contribution in [0.2, 0.25) is 0 Å². The van der Waals surface area contributed by atoms with E-state index in [4.69, 9.17) is 16.0 Å². The molecule has 0 saturated carbocycles. The minimum Gasteiger partial charge on any atom is -0.397 e. The molecule has 0 heterocycles. The van der Waals surface area contributed by atoms with Gasteiger partial charge >= 0.3 is 0 Å². The van der Waals surface area contributed by atoms with Crippen LogP contribution in [0, 0.1) is 0 Å². The van der Waals surface area contributed by atoms with Crippen molar-refractivity contribution in [3.05, 3.63) is 48.0 Å². The first-order valence-corrected chi connectivity index (χ1v) is 7.26. The van der Waals surface area contributed by atoms with Gasteiger partial charge in [-0.1, -0.05) is 18.2 Å². The number of hydrogen-bond donors (Lipinski definition) is 4. The van der Waals surface area contributed by atoms with Gasteiger partial charge < -0.3 is 16.8 Å². The number of rotatable bonds is 3. The normalized spacial score (nSPS) is 11.1. The number of nitrogens with two attached hydrogens (primary N) is 2. The van der Waals surface area contributed by atoms with Crippen molar-refractivity contribution in [2.24, 2.45) is 0 Å². The van der Waals surface area contributed by atoms with Crippen LogP contribution in [0.5, 0.6) is 0 Å². The largest absolute Gasteiger partial charge is 0.397 e. The van der Waals surface area contributed by atoms with Gasteiger partial charge in [0.1, 0.15) is 4.90 Å². The van der Waals surface area contributed by atoms with E-state index >= 15 is 0 Å². The van der Waals surface area contributed by atoms with Gasteiger partial charge in [0.2, 0.25) is 0 Å². The highest BCUT2D eigenvalue weighted by molar-refractivity contribution is 7.86. The van der Waals surface area contributed by atoms with E-state index in [1.165, 1.54) is 6.07 Å². The Bertz CT molecular complexity index is 789. The summed E-state index contributed by atoms with van der Waals surface area (Å²) >= 11 is 0. The SMILES string of the molecule is Nc1ccc(S(=O)(=O)O)c(N)c1NC(=O)c1ccccc1. The molecule has 8 heteroatoms. The summed E-state index contributed by atoms with van der Waals surface area (Å²) in [6.45, 7) is 0. The lowest BCUT2D eigenvalue weighted by Gasteiger charge is -2.13. The Balaban J connectivity index is 2.43. The predicted octanol–water partition coefficient (Wildman–Crippen LogP) is 1.35. The number of carbonyl (C=O) groups excluding carboxylic acids is 1. The fraction of sp³-hybridized carbons (Fsp3) is 0.